The SMILES string of the molecule is C/C=C/CCC1CCC(C2CCC(c3ccc(OCC)c(F)c3F)CC2)OC1. The molecule has 0 bridgehead atoms. The minimum atomic E-state index is -0.846. The van der Waals surface area contributed by atoms with Crippen molar-refractivity contribution in [2.45, 2.75) is 77.2 Å². The normalized spacial score (nSPS) is 28.6. The smallest absolute Gasteiger partial charge is 0.200 e. The highest BCUT2D eigenvalue weighted by Gasteiger charge is 2.33. The van der Waals surface area contributed by atoms with Gasteiger partial charge in [-0.05, 0) is 94.6 Å². The Kier molecular flexibility index (Phi) is 7.90. The summed E-state index contributed by atoms with van der Waals surface area (Å²) < 4.78 is 40.1. The highest BCUT2D eigenvalue weighted by atomic mass is 19.2. The molecule has 4 heteroatoms. The van der Waals surface area contributed by atoms with Crippen molar-refractivity contribution in [3.8, 4) is 5.75 Å². The van der Waals surface area contributed by atoms with Crippen LogP contribution in [-0.2, 0) is 4.74 Å². The number of hydrogen-bond donors (Lipinski definition) is 0. The lowest BCUT2D eigenvalue weighted by molar-refractivity contribution is -0.0573. The van der Waals surface area contributed by atoms with Crippen molar-refractivity contribution < 1.29 is 18.3 Å². The molecular weight excluding hydrogens is 358 g/mol. The lowest BCUT2D eigenvalue weighted by Gasteiger charge is -2.38. The van der Waals surface area contributed by atoms with Crippen LogP contribution in [0, 0.1) is 23.5 Å². The van der Waals surface area contributed by atoms with Gasteiger partial charge in [0.2, 0.25) is 5.82 Å². The van der Waals surface area contributed by atoms with Gasteiger partial charge >= 0.3 is 0 Å². The minimum absolute atomic E-state index is 0.0111. The largest absolute Gasteiger partial charge is 0.491 e. The molecule has 1 saturated heterocycles. The second-order valence-electron chi connectivity index (χ2n) is 8.29. The van der Waals surface area contributed by atoms with Crippen molar-refractivity contribution in [1.82, 2.24) is 0 Å². The van der Waals surface area contributed by atoms with Gasteiger partial charge in [-0.1, -0.05) is 18.2 Å². The van der Waals surface area contributed by atoms with E-state index in [1.54, 1.807) is 19.1 Å². The summed E-state index contributed by atoms with van der Waals surface area (Å²) in [4.78, 5) is 0. The van der Waals surface area contributed by atoms with Gasteiger partial charge in [-0.2, -0.15) is 4.39 Å². The lowest BCUT2D eigenvalue weighted by Crippen LogP contribution is -2.34. The zero-order chi connectivity index (χ0) is 19.9. The Hall–Kier alpha value is -1.42. The lowest BCUT2D eigenvalue weighted by atomic mass is 9.75. The molecule has 2 aliphatic rings. The van der Waals surface area contributed by atoms with Gasteiger partial charge in [-0.15, -0.1) is 0 Å². The summed E-state index contributed by atoms with van der Waals surface area (Å²) in [5.74, 6) is -0.225. The maximum Gasteiger partial charge on any atom is 0.200 e. The summed E-state index contributed by atoms with van der Waals surface area (Å²) in [6, 6.07) is 3.28. The van der Waals surface area contributed by atoms with E-state index in [9.17, 15) is 8.78 Å². The fourth-order valence-electron chi connectivity index (χ4n) is 4.86. The van der Waals surface area contributed by atoms with Crippen LogP contribution in [0.1, 0.15) is 76.7 Å². The van der Waals surface area contributed by atoms with Crippen LogP contribution in [0.3, 0.4) is 0 Å². The van der Waals surface area contributed by atoms with Crippen LogP contribution in [0.2, 0.25) is 0 Å². The fourth-order valence-corrected chi connectivity index (χ4v) is 4.86. The summed E-state index contributed by atoms with van der Waals surface area (Å²) >= 11 is 0. The topological polar surface area (TPSA) is 18.5 Å². The average molecular weight is 393 g/mol. The van der Waals surface area contributed by atoms with Gasteiger partial charge in [0.1, 0.15) is 0 Å². The van der Waals surface area contributed by atoms with E-state index in [4.69, 9.17) is 9.47 Å². The minimum Gasteiger partial charge on any atom is -0.491 e. The Morgan fingerprint density at radius 2 is 1.86 bits per heavy atom. The first-order valence-electron chi connectivity index (χ1n) is 11.0. The monoisotopic (exact) mass is 392 g/mol. The predicted octanol–water partition coefficient (Wildman–Crippen LogP) is 6.79. The second-order valence-corrected chi connectivity index (χ2v) is 8.29. The van der Waals surface area contributed by atoms with Crippen molar-refractivity contribution in [2.75, 3.05) is 13.2 Å². The van der Waals surface area contributed by atoms with E-state index in [2.05, 4.69) is 19.1 Å². The average Bonchev–Trinajstić information content (AvgIpc) is 2.73. The van der Waals surface area contributed by atoms with E-state index >= 15 is 0 Å². The molecule has 1 aliphatic carbocycles. The van der Waals surface area contributed by atoms with Gasteiger partial charge in [0.15, 0.2) is 11.6 Å². The molecule has 0 N–H and O–H groups in total. The number of ether oxygens (including phenoxy) is 2. The van der Waals surface area contributed by atoms with Crippen molar-refractivity contribution in [3.63, 3.8) is 0 Å². The fraction of sp³-hybridized carbons (Fsp3) is 0.667. The van der Waals surface area contributed by atoms with Gasteiger partial charge in [0.05, 0.1) is 12.7 Å². The van der Waals surface area contributed by atoms with Crippen molar-refractivity contribution in [3.05, 3.63) is 41.5 Å². The molecule has 1 aromatic rings. The van der Waals surface area contributed by atoms with Crippen LogP contribution in [0.15, 0.2) is 24.3 Å². The third-order valence-electron chi connectivity index (χ3n) is 6.50. The first-order chi connectivity index (χ1) is 13.6. The number of hydrogen-bond acceptors (Lipinski definition) is 2. The van der Waals surface area contributed by atoms with Crippen molar-refractivity contribution in [2.24, 2.45) is 11.8 Å². The van der Waals surface area contributed by atoms with Crippen LogP contribution < -0.4 is 4.74 Å². The van der Waals surface area contributed by atoms with Crippen LogP contribution in [0.4, 0.5) is 8.78 Å². The quantitative estimate of drug-likeness (QED) is 0.476. The molecular formula is C24H34F2O2. The van der Waals surface area contributed by atoms with E-state index < -0.39 is 11.6 Å². The Morgan fingerprint density at radius 3 is 2.50 bits per heavy atom. The molecule has 0 radical (unpaired) electrons. The van der Waals surface area contributed by atoms with Crippen LogP contribution in [-0.4, -0.2) is 19.3 Å². The van der Waals surface area contributed by atoms with Gasteiger partial charge in [0, 0.05) is 6.61 Å². The van der Waals surface area contributed by atoms with Crippen LogP contribution in [0.5, 0.6) is 5.75 Å². The molecule has 2 fully saturated rings. The van der Waals surface area contributed by atoms with E-state index in [0.717, 1.165) is 45.1 Å². The first-order valence-corrected chi connectivity index (χ1v) is 11.0. The number of halogens is 2. The maximum absolute atomic E-state index is 14.5. The van der Waals surface area contributed by atoms with E-state index in [-0.39, 0.29) is 11.7 Å². The molecule has 0 aromatic heterocycles. The molecule has 156 valence electrons. The molecule has 28 heavy (non-hydrogen) atoms. The molecule has 1 aliphatic heterocycles. The molecule has 1 saturated carbocycles. The Balaban J connectivity index is 1.49. The summed E-state index contributed by atoms with van der Waals surface area (Å²) in [6.45, 7) is 5.04. The molecule has 2 atom stereocenters. The standard InChI is InChI=1S/C24H34F2O2/c1-3-5-6-7-17-8-14-21(28-16-17)19-11-9-18(10-12-19)20-13-15-22(27-4-2)24(26)23(20)25/h3,5,13,15,17-19,21H,4,6-12,14,16H2,1-2H3/b5-3+. The van der Waals surface area contributed by atoms with Crippen LogP contribution >= 0.6 is 0 Å². The number of rotatable bonds is 7. The highest BCUT2D eigenvalue weighted by molar-refractivity contribution is 5.33. The van der Waals surface area contributed by atoms with Crippen molar-refractivity contribution >= 4 is 0 Å². The molecule has 2 unspecified atom stereocenters. The number of benzene rings is 1. The van der Waals surface area contributed by atoms with Gasteiger partial charge in [-0.25, -0.2) is 4.39 Å². The van der Waals surface area contributed by atoms with Gasteiger partial charge in [-0.3, -0.25) is 0 Å². The van der Waals surface area contributed by atoms with Gasteiger partial charge < -0.3 is 9.47 Å². The molecule has 1 aromatic carbocycles. The molecule has 1 heterocycles. The Morgan fingerprint density at radius 1 is 1.07 bits per heavy atom. The second kappa shape index (κ2) is 10.4. The first kappa shape index (κ1) is 21.3. The Labute approximate surface area is 168 Å². The van der Waals surface area contributed by atoms with E-state index in [1.165, 1.54) is 12.8 Å². The number of allylic oxidation sites excluding steroid dienone is 2. The molecule has 2 nitrogen and oxygen atoms in total. The molecule has 0 amide bonds. The van der Waals surface area contributed by atoms with Gasteiger partial charge in [0.25, 0.3) is 0 Å². The molecule has 0 spiro atoms. The van der Waals surface area contributed by atoms with Crippen LogP contribution in [0.25, 0.3) is 0 Å². The zero-order valence-electron chi connectivity index (χ0n) is 17.3. The summed E-state index contributed by atoms with van der Waals surface area (Å²) in [6.07, 6.45) is 13.3. The third kappa shape index (κ3) is 5.14. The summed E-state index contributed by atoms with van der Waals surface area (Å²) in [5, 5.41) is 0. The Bertz CT molecular complexity index is 642. The van der Waals surface area contributed by atoms with E-state index in [0.29, 0.717) is 30.1 Å². The predicted molar refractivity (Wildman–Crippen MR) is 109 cm³/mol. The maximum atomic E-state index is 14.5. The van der Waals surface area contributed by atoms with E-state index in [1.807, 2.05) is 0 Å². The summed E-state index contributed by atoms with van der Waals surface area (Å²) in [7, 11) is 0. The highest BCUT2D eigenvalue weighted by Crippen LogP contribution is 2.42. The summed E-state index contributed by atoms with van der Waals surface area (Å²) in [5.41, 5.74) is 0.507. The third-order valence-corrected chi connectivity index (χ3v) is 6.50. The van der Waals surface area contributed by atoms with Crippen molar-refractivity contribution in [1.29, 1.82) is 0 Å². The molecule has 3 rings (SSSR count). The zero-order valence-corrected chi connectivity index (χ0v) is 17.3.